The molecule has 0 bridgehead atoms. The maximum atomic E-state index is 12.5. The molecule has 0 aliphatic heterocycles. The number of benzene rings is 3. The number of para-hydroxylation sites is 1. The number of aromatic nitrogens is 1. The van der Waals surface area contributed by atoms with Crippen molar-refractivity contribution >= 4 is 39.1 Å². The number of thiazole rings is 1. The summed E-state index contributed by atoms with van der Waals surface area (Å²) in [6.45, 7) is 0. The van der Waals surface area contributed by atoms with Crippen molar-refractivity contribution in [3.8, 4) is 11.5 Å². The molecule has 3 aromatic carbocycles. The number of carbonyl (C=O) groups excluding carboxylic acids is 1. The minimum atomic E-state index is -0.297. The molecule has 0 fully saturated rings. The van der Waals surface area contributed by atoms with Crippen LogP contribution in [-0.4, -0.2) is 10.5 Å². The summed E-state index contributed by atoms with van der Waals surface area (Å²) < 4.78 is 8.62. The van der Waals surface area contributed by atoms with Crippen molar-refractivity contribution in [2.75, 3.05) is 0 Å². The number of carbonyl (C=O) groups is 1. The Morgan fingerprint density at radius 2 is 1.70 bits per heavy atom. The van der Waals surface area contributed by atoms with E-state index in [1.807, 2.05) is 60.1 Å². The van der Waals surface area contributed by atoms with Gasteiger partial charge < -0.3 is 9.30 Å². The van der Waals surface area contributed by atoms with Crippen LogP contribution in [0, 0.1) is 0 Å². The molecule has 4 aromatic rings. The van der Waals surface area contributed by atoms with E-state index < -0.39 is 0 Å². The van der Waals surface area contributed by atoms with Gasteiger partial charge in [0.15, 0.2) is 4.80 Å². The SMILES string of the molecule is Cn1c(=NC(=O)c2ccc(Oc3ccccc3)cc2)sc2cc(Cl)ccc21. The third-order valence-electron chi connectivity index (χ3n) is 4.05. The number of hydrogen-bond donors (Lipinski definition) is 0. The maximum absolute atomic E-state index is 12.5. The molecule has 1 amide bonds. The van der Waals surface area contributed by atoms with Crippen LogP contribution in [0.2, 0.25) is 5.02 Å². The van der Waals surface area contributed by atoms with Gasteiger partial charge in [-0.15, -0.1) is 0 Å². The molecule has 0 saturated carbocycles. The van der Waals surface area contributed by atoms with E-state index in [1.54, 1.807) is 24.3 Å². The summed E-state index contributed by atoms with van der Waals surface area (Å²) in [5.74, 6) is 1.12. The lowest BCUT2D eigenvalue weighted by Gasteiger charge is -2.05. The van der Waals surface area contributed by atoms with E-state index in [2.05, 4.69) is 4.99 Å². The summed E-state index contributed by atoms with van der Waals surface area (Å²) in [4.78, 5) is 17.4. The Labute approximate surface area is 165 Å². The quantitative estimate of drug-likeness (QED) is 0.465. The van der Waals surface area contributed by atoms with E-state index in [0.717, 1.165) is 16.0 Å². The van der Waals surface area contributed by atoms with Gasteiger partial charge in [-0.3, -0.25) is 4.79 Å². The van der Waals surface area contributed by atoms with Crippen molar-refractivity contribution in [1.29, 1.82) is 0 Å². The Kier molecular flexibility index (Phi) is 4.79. The predicted octanol–water partition coefficient (Wildman–Crippen LogP) is 5.43. The summed E-state index contributed by atoms with van der Waals surface area (Å²) in [6, 6.07) is 22.1. The van der Waals surface area contributed by atoms with Crippen molar-refractivity contribution < 1.29 is 9.53 Å². The molecular formula is C21H15ClN2O2S. The standard InChI is InChI=1S/C21H15ClN2O2S/c1-24-18-12-9-15(22)13-19(18)27-21(24)23-20(25)14-7-10-17(11-8-14)26-16-5-3-2-4-6-16/h2-13H,1H3. The first kappa shape index (κ1) is 17.5. The van der Waals surface area contributed by atoms with Gasteiger partial charge >= 0.3 is 0 Å². The molecule has 0 N–H and O–H groups in total. The zero-order valence-corrected chi connectivity index (χ0v) is 16.0. The highest BCUT2D eigenvalue weighted by Crippen LogP contribution is 2.22. The van der Waals surface area contributed by atoms with Gasteiger partial charge in [-0.2, -0.15) is 4.99 Å². The molecule has 1 heterocycles. The number of aryl methyl sites for hydroxylation is 1. The van der Waals surface area contributed by atoms with Gasteiger partial charge in [-0.05, 0) is 54.6 Å². The van der Waals surface area contributed by atoms with Gasteiger partial charge in [0.1, 0.15) is 11.5 Å². The number of ether oxygens (including phenoxy) is 1. The van der Waals surface area contributed by atoms with E-state index in [-0.39, 0.29) is 5.91 Å². The number of rotatable bonds is 3. The second kappa shape index (κ2) is 7.39. The highest BCUT2D eigenvalue weighted by atomic mass is 35.5. The van der Waals surface area contributed by atoms with E-state index in [9.17, 15) is 4.79 Å². The average Bonchev–Trinajstić information content (AvgIpc) is 2.98. The third kappa shape index (κ3) is 3.79. The normalized spacial score (nSPS) is 11.7. The Hall–Kier alpha value is -2.89. The fourth-order valence-corrected chi connectivity index (χ4v) is 3.95. The largest absolute Gasteiger partial charge is 0.457 e. The Bertz CT molecular complexity index is 1180. The van der Waals surface area contributed by atoms with Crippen molar-refractivity contribution in [3.63, 3.8) is 0 Å². The van der Waals surface area contributed by atoms with Crippen LogP contribution in [0.25, 0.3) is 10.2 Å². The number of halogens is 1. The minimum Gasteiger partial charge on any atom is -0.457 e. The number of hydrogen-bond acceptors (Lipinski definition) is 3. The van der Waals surface area contributed by atoms with Crippen LogP contribution in [0.5, 0.6) is 11.5 Å². The molecule has 1 aromatic heterocycles. The van der Waals surface area contributed by atoms with Crippen LogP contribution in [0.1, 0.15) is 10.4 Å². The van der Waals surface area contributed by atoms with Crippen LogP contribution in [0.15, 0.2) is 77.8 Å². The zero-order chi connectivity index (χ0) is 18.8. The van der Waals surface area contributed by atoms with Crippen molar-refractivity contribution in [2.45, 2.75) is 0 Å². The first-order valence-electron chi connectivity index (χ1n) is 8.27. The van der Waals surface area contributed by atoms with Crippen molar-refractivity contribution in [2.24, 2.45) is 12.0 Å². The van der Waals surface area contributed by atoms with E-state index >= 15 is 0 Å². The monoisotopic (exact) mass is 394 g/mol. The number of amides is 1. The fraction of sp³-hybridized carbons (Fsp3) is 0.0476. The van der Waals surface area contributed by atoms with Crippen LogP contribution in [0.4, 0.5) is 0 Å². The summed E-state index contributed by atoms with van der Waals surface area (Å²) in [5.41, 5.74) is 1.49. The topological polar surface area (TPSA) is 43.6 Å². The molecule has 0 aliphatic rings. The average molecular weight is 395 g/mol. The lowest BCUT2D eigenvalue weighted by Crippen LogP contribution is -2.13. The molecular weight excluding hydrogens is 380 g/mol. The minimum absolute atomic E-state index is 0.297. The highest BCUT2D eigenvalue weighted by Gasteiger charge is 2.08. The zero-order valence-electron chi connectivity index (χ0n) is 14.4. The van der Waals surface area contributed by atoms with E-state index in [0.29, 0.717) is 21.1 Å². The molecule has 4 nitrogen and oxygen atoms in total. The summed E-state index contributed by atoms with van der Waals surface area (Å²) in [5, 5.41) is 0.663. The van der Waals surface area contributed by atoms with Crippen LogP contribution < -0.4 is 9.54 Å². The number of fused-ring (bicyclic) bond motifs is 1. The van der Waals surface area contributed by atoms with Crippen LogP contribution >= 0.6 is 22.9 Å². The lowest BCUT2D eigenvalue weighted by molar-refractivity contribution is 0.0998. The van der Waals surface area contributed by atoms with E-state index in [1.165, 1.54) is 11.3 Å². The summed E-state index contributed by atoms with van der Waals surface area (Å²) in [6.07, 6.45) is 0. The van der Waals surface area contributed by atoms with Crippen LogP contribution in [-0.2, 0) is 7.05 Å². The van der Waals surface area contributed by atoms with E-state index in [4.69, 9.17) is 16.3 Å². The molecule has 0 spiro atoms. The molecule has 134 valence electrons. The molecule has 0 unspecified atom stereocenters. The molecule has 0 saturated heterocycles. The van der Waals surface area contributed by atoms with Crippen molar-refractivity contribution in [3.05, 3.63) is 88.2 Å². The Morgan fingerprint density at radius 3 is 2.44 bits per heavy atom. The fourth-order valence-electron chi connectivity index (χ4n) is 2.66. The third-order valence-corrected chi connectivity index (χ3v) is 5.38. The second-order valence-electron chi connectivity index (χ2n) is 5.91. The van der Waals surface area contributed by atoms with Gasteiger partial charge in [0.05, 0.1) is 10.2 Å². The Morgan fingerprint density at radius 1 is 1.00 bits per heavy atom. The molecule has 0 aliphatic carbocycles. The highest BCUT2D eigenvalue weighted by molar-refractivity contribution is 7.16. The van der Waals surface area contributed by atoms with Gasteiger partial charge in [-0.1, -0.05) is 41.1 Å². The number of nitrogens with zero attached hydrogens (tertiary/aromatic N) is 2. The first-order chi connectivity index (χ1) is 13.1. The molecule has 0 atom stereocenters. The van der Waals surface area contributed by atoms with Crippen LogP contribution in [0.3, 0.4) is 0 Å². The molecule has 4 rings (SSSR count). The molecule has 27 heavy (non-hydrogen) atoms. The van der Waals surface area contributed by atoms with Gasteiger partial charge in [-0.25, -0.2) is 0 Å². The summed E-state index contributed by atoms with van der Waals surface area (Å²) >= 11 is 7.48. The maximum Gasteiger partial charge on any atom is 0.279 e. The first-order valence-corrected chi connectivity index (χ1v) is 9.47. The predicted molar refractivity (Wildman–Crippen MR) is 109 cm³/mol. The lowest BCUT2D eigenvalue weighted by atomic mass is 10.2. The van der Waals surface area contributed by atoms with Gasteiger partial charge in [0.2, 0.25) is 0 Å². The smallest absolute Gasteiger partial charge is 0.279 e. The summed E-state index contributed by atoms with van der Waals surface area (Å²) in [7, 11) is 1.88. The van der Waals surface area contributed by atoms with Gasteiger partial charge in [0, 0.05) is 17.6 Å². The molecule has 0 radical (unpaired) electrons. The molecule has 6 heteroatoms. The van der Waals surface area contributed by atoms with Gasteiger partial charge in [0.25, 0.3) is 5.91 Å². The Balaban J connectivity index is 1.60. The second-order valence-corrected chi connectivity index (χ2v) is 7.36. The van der Waals surface area contributed by atoms with Crippen molar-refractivity contribution in [1.82, 2.24) is 4.57 Å².